The Morgan fingerprint density at radius 1 is 1.10 bits per heavy atom. The minimum atomic E-state index is 0.637. The molecule has 0 bridgehead atoms. The molecule has 10 heavy (non-hydrogen) atoms. The zero-order valence-electron chi connectivity index (χ0n) is 7.89. The summed E-state index contributed by atoms with van der Waals surface area (Å²) in [6.07, 6.45) is 1.95. The van der Waals surface area contributed by atoms with Crippen molar-refractivity contribution in [1.29, 1.82) is 0 Å². The Morgan fingerprint density at radius 2 is 1.50 bits per heavy atom. The van der Waals surface area contributed by atoms with Crippen molar-refractivity contribution >= 4 is 10.2 Å². The summed E-state index contributed by atoms with van der Waals surface area (Å²) < 4.78 is 0. The van der Waals surface area contributed by atoms with Crippen LogP contribution in [0.1, 0.15) is 6.42 Å². The van der Waals surface area contributed by atoms with Gasteiger partial charge >= 0.3 is 0 Å². The first-order chi connectivity index (χ1) is 4.59. The van der Waals surface area contributed by atoms with E-state index < -0.39 is 0 Å². The van der Waals surface area contributed by atoms with Crippen LogP contribution in [-0.4, -0.2) is 54.4 Å². The van der Waals surface area contributed by atoms with Gasteiger partial charge in [-0.3, -0.25) is 9.80 Å². The molecule has 0 aromatic carbocycles. The van der Waals surface area contributed by atoms with Crippen molar-refractivity contribution in [2.45, 2.75) is 18.6 Å². The Morgan fingerprint density at radius 3 is 1.60 bits per heavy atom. The average molecular weight is 160 g/mol. The topological polar surface area (TPSA) is 6.48 Å². The summed E-state index contributed by atoms with van der Waals surface area (Å²) >= 11 is 0. The van der Waals surface area contributed by atoms with E-state index in [4.69, 9.17) is 0 Å². The highest BCUT2D eigenvalue weighted by Crippen LogP contribution is 2.03. The van der Waals surface area contributed by atoms with Crippen molar-refractivity contribution < 1.29 is 0 Å². The van der Waals surface area contributed by atoms with E-state index in [9.17, 15) is 0 Å². The van der Waals surface area contributed by atoms with Crippen molar-refractivity contribution in [1.82, 2.24) is 9.80 Å². The molecule has 0 saturated heterocycles. The Balaban J connectivity index is 3.73. The third kappa shape index (κ3) is 3.34. The highest BCUT2D eigenvalue weighted by atomic mass is 28.1. The second-order valence-electron chi connectivity index (χ2n) is 3.20. The van der Waals surface area contributed by atoms with Gasteiger partial charge < -0.3 is 0 Å². The molecular formula is C7H20N2Si. The largest absolute Gasteiger partial charge is 0.294 e. The van der Waals surface area contributed by atoms with Crippen LogP contribution in [0.25, 0.3) is 0 Å². The summed E-state index contributed by atoms with van der Waals surface area (Å²) in [6, 6.07) is 1.39. The fourth-order valence-electron chi connectivity index (χ4n) is 1.24. The molecule has 0 aromatic rings. The zero-order valence-corrected chi connectivity index (χ0v) is 9.89. The fourth-order valence-corrected chi connectivity index (χ4v) is 1.75. The minimum Gasteiger partial charge on any atom is -0.294 e. The van der Waals surface area contributed by atoms with Crippen molar-refractivity contribution in [2.24, 2.45) is 0 Å². The van der Waals surface area contributed by atoms with E-state index in [0.29, 0.717) is 6.17 Å². The van der Waals surface area contributed by atoms with Crippen molar-refractivity contribution in [2.75, 3.05) is 28.2 Å². The quantitative estimate of drug-likeness (QED) is 0.408. The predicted octanol–water partition coefficient (Wildman–Crippen LogP) is -0.391. The Bertz CT molecular complexity index is 75.7. The van der Waals surface area contributed by atoms with Crippen LogP contribution < -0.4 is 0 Å². The van der Waals surface area contributed by atoms with Crippen molar-refractivity contribution in [3.8, 4) is 0 Å². The van der Waals surface area contributed by atoms with Crippen LogP contribution in [0.15, 0.2) is 0 Å². The minimum absolute atomic E-state index is 0.637. The number of hydrogen-bond acceptors (Lipinski definition) is 2. The second kappa shape index (κ2) is 4.88. The van der Waals surface area contributed by atoms with Gasteiger partial charge in [-0.25, -0.2) is 0 Å². The summed E-state index contributed by atoms with van der Waals surface area (Å²) in [6.45, 7) is 0. The van der Waals surface area contributed by atoms with Crippen LogP contribution in [0.5, 0.6) is 0 Å². The molecule has 2 nitrogen and oxygen atoms in total. The molecule has 0 aliphatic rings. The van der Waals surface area contributed by atoms with E-state index >= 15 is 0 Å². The molecule has 62 valence electrons. The van der Waals surface area contributed by atoms with E-state index in [1.54, 1.807) is 0 Å². The molecule has 0 unspecified atom stereocenters. The standard InChI is InChI=1S/C7H20N2Si/c1-8(2)7(5-6-10)9(3)4/h7H,5-6H2,1-4,10H3. The molecule has 0 N–H and O–H groups in total. The summed E-state index contributed by atoms with van der Waals surface area (Å²) in [5, 5.41) is 0. The van der Waals surface area contributed by atoms with Crippen molar-refractivity contribution in [3.05, 3.63) is 0 Å². The Hall–Kier alpha value is 0.137. The smallest absolute Gasteiger partial charge is 0.0609 e. The van der Waals surface area contributed by atoms with Gasteiger partial charge in [0.25, 0.3) is 0 Å². The van der Waals surface area contributed by atoms with E-state index in [1.807, 2.05) is 0 Å². The average Bonchev–Trinajstić information content (AvgIpc) is 1.81. The van der Waals surface area contributed by atoms with Gasteiger partial charge in [-0.15, -0.1) is 0 Å². The van der Waals surface area contributed by atoms with Crippen LogP contribution in [0.2, 0.25) is 6.04 Å². The molecule has 0 saturated carbocycles. The molecule has 0 fully saturated rings. The third-order valence-electron chi connectivity index (χ3n) is 1.74. The second-order valence-corrected chi connectivity index (χ2v) is 4.20. The molecule has 0 radical (unpaired) electrons. The van der Waals surface area contributed by atoms with Gasteiger partial charge in [-0.2, -0.15) is 0 Å². The number of hydrogen-bond donors (Lipinski definition) is 0. The Kier molecular flexibility index (Phi) is 4.94. The van der Waals surface area contributed by atoms with E-state index in [-0.39, 0.29) is 0 Å². The van der Waals surface area contributed by atoms with Crippen LogP contribution in [0.3, 0.4) is 0 Å². The number of nitrogens with zero attached hydrogens (tertiary/aromatic N) is 2. The highest BCUT2D eigenvalue weighted by molar-refractivity contribution is 6.08. The van der Waals surface area contributed by atoms with E-state index in [1.165, 1.54) is 22.7 Å². The molecule has 0 aromatic heterocycles. The van der Waals surface area contributed by atoms with E-state index in [2.05, 4.69) is 38.0 Å². The van der Waals surface area contributed by atoms with E-state index in [0.717, 1.165) is 0 Å². The van der Waals surface area contributed by atoms with Gasteiger partial charge in [-0.05, 0) is 34.6 Å². The van der Waals surface area contributed by atoms with Gasteiger partial charge in [0.05, 0.1) is 6.17 Å². The molecule has 3 heteroatoms. The molecule has 0 amide bonds. The summed E-state index contributed by atoms with van der Waals surface area (Å²) in [5.41, 5.74) is 0. The van der Waals surface area contributed by atoms with Crippen molar-refractivity contribution in [3.63, 3.8) is 0 Å². The first-order valence-electron chi connectivity index (χ1n) is 3.92. The maximum absolute atomic E-state index is 2.28. The van der Waals surface area contributed by atoms with Crippen LogP contribution in [0.4, 0.5) is 0 Å². The lowest BCUT2D eigenvalue weighted by molar-refractivity contribution is 0.125. The predicted molar refractivity (Wildman–Crippen MR) is 50.5 cm³/mol. The number of rotatable bonds is 4. The molecule has 0 rings (SSSR count). The molecule has 0 heterocycles. The van der Waals surface area contributed by atoms with Crippen LogP contribution >= 0.6 is 0 Å². The molecule has 0 atom stereocenters. The van der Waals surface area contributed by atoms with Crippen LogP contribution in [0, 0.1) is 0 Å². The molecule has 0 aliphatic heterocycles. The maximum Gasteiger partial charge on any atom is 0.0609 e. The normalized spacial score (nSPS) is 12.3. The fraction of sp³-hybridized carbons (Fsp3) is 1.00. The first-order valence-corrected chi connectivity index (χ1v) is 5.33. The molecule has 0 aliphatic carbocycles. The third-order valence-corrected chi connectivity index (χ3v) is 2.32. The Labute approximate surface area is 67.6 Å². The summed E-state index contributed by atoms with van der Waals surface area (Å²) in [7, 11) is 9.89. The molecular weight excluding hydrogens is 140 g/mol. The zero-order chi connectivity index (χ0) is 8.15. The van der Waals surface area contributed by atoms with Gasteiger partial charge in [0, 0.05) is 10.2 Å². The lowest BCUT2D eigenvalue weighted by Gasteiger charge is -2.30. The molecule has 0 spiro atoms. The summed E-state index contributed by atoms with van der Waals surface area (Å²) in [5.74, 6) is 0. The lowest BCUT2D eigenvalue weighted by Crippen LogP contribution is -2.40. The maximum atomic E-state index is 2.28. The van der Waals surface area contributed by atoms with Gasteiger partial charge in [0.15, 0.2) is 0 Å². The monoisotopic (exact) mass is 160 g/mol. The highest BCUT2D eigenvalue weighted by Gasteiger charge is 2.10. The first kappa shape index (κ1) is 10.1. The lowest BCUT2D eigenvalue weighted by atomic mass is 10.3. The summed E-state index contributed by atoms with van der Waals surface area (Å²) in [4.78, 5) is 4.55. The van der Waals surface area contributed by atoms with Crippen LogP contribution in [-0.2, 0) is 0 Å². The van der Waals surface area contributed by atoms with Gasteiger partial charge in [-0.1, -0.05) is 6.04 Å². The van der Waals surface area contributed by atoms with Gasteiger partial charge in [0.1, 0.15) is 0 Å². The SMILES string of the molecule is CN(C)C(CC[SiH3])N(C)C. The van der Waals surface area contributed by atoms with Gasteiger partial charge in [0.2, 0.25) is 0 Å².